The van der Waals surface area contributed by atoms with Crippen LogP contribution in [-0.4, -0.2) is 27.5 Å². The van der Waals surface area contributed by atoms with E-state index in [0.717, 1.165) is 9.87 Å². The fraction of sp³-hybridized carbons (Fsp3) is 0.235. The molecule has 5 nitrogen and oxygen atoms in total. The fourth-order valence-corrected chi connectivity index (χ4v) is 3.94. The molecule has 0 saturated heterocycles. The fourth-order valence-electron chi connectivity index (χ4n) is 2.12. The highest BCUT2D eigenvalue weighted by atomic mass is 79.9. The van der Waals surface area contributed by atoms with Crippen LogP contribution < -0.4 is 4.31 Å². The lowest BCUT2D eigenvalue weighted by atomic mass is 10.2. The number of esters is 1. The van der Waals surface area contributed by atoms with E-state index < -0.39 is 22.5 Å². The molecule has 0 aliphatic carbocycles. The number of carbonyl (C=O) groups is 1. The molecular formula is C17H17BrClNO4S. The molecule has 0 aromatic heterocycles. The van der Waals surface area contributed by atoms with E-state index in [1.54, 1.807) is 31.2 Å². The number of carbonyl (C=O) groups excluding carboxylic acids is 1. The molecule has 0 unspecified atom stereocenters. The molecule has 134 valence electrons. The molecule has 0 fully saturated rings. The van der Waals surface area contributed by atoms with Crippen molar-refractivity contribution in [3.05, 3.63) is 57.5 Å². The maximum atomic E-state index is 13.0. The summed E-state index contributed by atoms with van der Waals surface area (Å²) >= 11 is 9.35. The van der Waals surface area contributed by atoms with E-state index in [1.165, 1.54) is 18.2 Å². The van der Waals surface area contributed by atoms with E-state index in [9.17, 15) is 13.2 Å². The summed E-state index contributed by atoms with van der Waals surface area (Å²) in [6.07, 6.45) is 0. The first-order valence-corrected chi connectivity index (χ1v) is 10.1. The van der Waals surface area contributed by atoms with Crippen molar-refractivity contribution in [2.45, 2.75) is 18.7 Å². The van der Waals surface area contributed by atoms with Gasteiger partial charge in [-0.1, -0.05) is 29.3 Å². The van der Waals surface area contributed by atoms with Gasteiger partial charge in [0.2, 0.25) is 0 Å². The second-order valence-electron chi connectivity index (χ2n) is 5.23. The number of hydrogen-bond donors (Lipinski definition) is 0. The highest BCUT2D eigenvalue weighted by Crippen LogP contribution is 2.30. The van der Waals surface area contributed by atoms with Crippen molar-refractivity contribution in [1.82, 2.24) is 0 Å². The van der Waals surface area contributed by atoms with Crippen LogP contribution in [0.25, 0.3) is 0 Å². The maximum absolute atomic E-state index is 13.0. The summed E-state index contributed by atoms with van der Waals surface area (Å²) in [6.45, 7) is 3.24. The summed E-state index contributed by atoms with van der Waals surface area (Å²) < 4.78 is 32.6. The summed E-state index contributed by atoms with van der Waals surface area (Å²) in [4.78, 5) is 12.0. The van der Waals surface area contributed by atoms with E-state index >= 15 is 0 Å². The van der Waals surface area contributed by atoms with Crippen LogP contribution in [0.4, 0.5) is 5.69 Å². The van der Waals surface area contributed by atoms with E-state index in [1.807, 2.05) is 6.92 Å². The van der Waals surface area contributed by atoms with Gasteiger partial charge in [0, 0.05) is 4.47 Å². The Bertz CT molecular complexity index is 869. The summed E-state index contributed by atoms with van der Waals surface area (Å²) in [5, 5.41) is 0.338. The van der Waals surface area contributed by atoms with Gasteiger partial charge in [0.1, 0.15) is 6.54 Å². The number of anilines is 1. The average Bonchev–Trinajstić information content (AvgIpc) is 2.56. The van der Waals surface area contributed by atoms with Crippen molar-refractivity contribution in [3.8, 4) is 0 Å². The van der Waals surface area contributed by atoms with Crippen molar-refractivity contribution in [1.29, 1.82) is 0 Å². The first kappa shape index (κ1) is 19.8. The molecule has 0 bridgehead atoms. The van der Waals surface area contributed by atoms with E-state index in [-0.39, 0.29) is 17.2 Å². The third-order valence-corrected chi connectivity index (χ3v) is 6.40. The van der Waals surface area contributed by atoms with Crippen molar-refractivity contribution in [3.63, 3.8) is 0 Å². The van der Waals surface area contributed by atoms with E-state index in [2.05, 4.69) is 15.9 Å². The Balaban J connectivity index is 2.51. The van der Waals surface area contributed by atoms with Gasteiger partial charge in [-0.05, 0) is 60.1 Å². The van der Waals surface area contributed by atoms with Crippen LogP contribution in [0.15, 0.2) is 51.8 Å². The van der Waals surface area contributed by atoms with Crippen LogP contribution in [0, 0.1) is 6.92 Å². The normalized spacial score (nSPS) is 11.2. The van der Waals surface area contributed by atoms with Crippen LogP contribution in [0.3, 0.4) is 0 Å². The first-order valence-electron chi connectivity index (χ1n) is 7.45. The lowest BCUT2D eigenvalue weighted by Gasteiger charge is -2.24. The topological polar surface area (TPSA) is 63.7 Å². The lowest BCUT2D eigenvalue weighted by molar-refractivity contribution is -0.141. The smallest absolute Gasteiger partial charge is 0.326 e. The molecule has 0 spiro atoms. The third kappa shape index (κ3) is 4.74. The molecule has 0 heterocycles. The van der Waals surface area contributed by atoms with Crippen LogP contribution >= 0.6 is 27.5 Å². The zero-order chi connectivity index (χ0) is 18.6. The summed E-state index contributed by atoms with van der Waals surface area (Å²) in [5.74, 6) is -0.641. The second-order valence-corrected chi connectivity index (χ2v) is 8.35. The van der Waals surface area contributed by atoms with Crippen molar-refractivity contribution in [2.24, 2.45) is 0 Å². The largest absolute Gasteiger partial charge is 0.465 e. The van der Waals surface area contributed by atoms with Gasteiger partial charge in [-0.15, -0.1) is 0 Å². The van der Waals surface area contributed by atoms with Gasteiger partial charge >= 0.3 is 5.97 Å². The Morgan fingerprint density at radius 1 is 1.20 bits per heavy atom. The molecule has 0 aliphatic heterocycles. The average molecular weight is 447 g/mol. The number of hydrogen-bond acceptors (Lipinski definition) is 4. The molecule has 0 N–H and O–H groups in total. The zero-order valence-corrected chi connectivity index (χ0v) is 16.9. The molecule has 2 aromatic carbocycles. The minimum Gasteiger partial charge on any atom is -0.465 e. The van der Waals surface area contributed by atoms with Crippen LogP contribution in [0.2, 0.25) is 5.02 Å². The Morgan fingerprint density at radius 2 is 1.84 bits per heavy atom. The molecule has 2 rings (SSSR count). The maximum Gasteiger partial charge on any atom is 0.326 e. The molecule has 2 aromatic rings. The van der Waals surface area contributed by atoms with Crippen molar-refractivity contribution >= 4 is 49.2 Å². The molecule has 0 saturated carbocycles. The van der Waals surface area contributed by atoms with Gasteiger partial charge in [-0.2, -0.15) is 0 Å². The Kier molecular flexibility index (Phi) is 6.48. The Labute approximate surface area is 160 Å². The standard InChI is InChI=1S/C17H17BrClNO4S/c1-3-24-17(21)11-20(13-6-9-15(18)16(19)10-13)25(22,23)14-7-4-12(2)5-8-14/h4-10H,3,11H2,1-2H3. The molecule has 0 radical (unpaired) electrons. The quantitative estimate of drug-likeness (QED) is 0.625. The van der Waals surface area contributed by atoms with Gasteiger partial charge < -0.3 is 4.74 Å². The van der Waals surface area contributed by atoms with E-state index in [0.29, 0.717) is 9.50 Å². The predicted octanol–water partition coefficient (Wildman–Crippen LogP) is 4.17. The van der Waals surface area contributed by atoms with Crippen LogP contribution in [-0.2, 0) is 19.6 Å². The number of nitrogens with zero attached hydrogens (tertiary/aromatic N) is 1. The number of ether oxygens (including phenoxy) is 1. The van der Waals surface area contributed by atoms with Gasteiger partial charge in [-0.25, -0.2) is 8.42 Å². The van der Waals surface area contributed by atoms with Crippen molar-refractivity contribution < 1.29 is 17.9 Å². The lowest BCUT2D eigenvalue weighted by Crippen LogP contribution is -2.36. The van der Waals surface area contributed by atoms with Crippen molar-refractivity contribution in [2.75, 3.05) is 17.5 Å². The molecule has 0 aliphatic rings. The third-order valence-electron chi connectivity index (χ3n) is 3.38. The summed E-state index contributed by atoms with van der Waals surface area (Å²) in [7, 11) is -3.96. The summed E-state index contributed by atoms with van der Waals surface area (Å²) in [5.41, 5.74) is 1.21. The Hall–Kier alpha value is -1.57. The number of halogens is 2. The molecule has 25 heavy (non-hydrogen) atoms. The Morgan fingerprint density at radius 3 is 2.40 bits per heavy atom. The summed E-state index contributed by atoms with van der Waals surface area (Å²) in [6, 6.07) is 11.1. The first-order chi connectivity index (χ1) is 11.8. The molecule has 8 heteroatoms. The number of aryl methyl sites for hydroxylation is 1. The van der Waals surface area contributed by atoms with Crippen LogP contribution in [0.1, 0.15) is 12.5 Å². The highest BCUT2D eigenvalue weighted by molar-refractivity contribution is 9.10. The highest BCUT2D eigenvalue weighted by Gasteiger charge is 2.28. The molecular weight excluding hydrogens is 430 g/mol. The number of sulfonamides is 1. The minimum absolute atomic E-state index is 0.0847. The van der Waals surface area contributed by atoms with Gasteiger partial charge in [-0.3, -0.25) is 9.10 Å². The zero-order valence-electron chi connectivity index (χ0n) is 13.7. The minimum atomic E-state index is -3.96. The number of rotatable bonds is 6. The van der Waals surface area contributed by atoms with Crippen LogP contribution in [0.5, 0.6) is 0 Å². The predicted molar refractivity (Wildman–Crippen MR) is 101 cm³/mol. The molecule has 0 atom stereocenters. The van der Waals surface area contributed by atoms with Gasteiger partial charge in [0.15, 0.2) is 0 Å². The van der Waals surface area contributed by atoms with E-state index in [4.69, 9.17) is 16.3 Å². The van der Waals surface area contributed by atoms with Gasteiger partial charge in [0.25, 0.3) is 10.0 Å². The SMILES string of the molecule is CCOC(=O)CN(c1ccc(Br)c(Cl)c1)S(=O)(=O)c1ccc(C)cc1. The second kappa shape index (κ2) is 8.21. The van der Waals surface area contributed by atoms with Gasteiger partial charge in [0.05, 0.1) is 22.2 Å². The monoisotopic (exact) mass is 445 g/mol. The number of benzene rings is 2. The molecule has 0 amide bonds.